The van der Waals surface area contributed by atoms with E-state index >= 15 is 0 Å². The Labute approximate surface area is 161 Å². The number of carbonyl (C=O) groups excluding carboxylic acids is 2. The molecule has 0 aromatic heterocycles. The molecule has 1 aromatic carbocycles. The fourth-order valence-electron chi connectivity index (χ4n) is 4.40. The first-order chi connectivity index (χ1) is 12.8. The highest BCUT2D eigenvalue weighted by Gasteiger charge is 2.45. The van der Waals surface area contributed by atoms with Crippen LogP contribution in [0.3, 0.4) is 0 Å². The van der Waals surface area contributed by atoms with Crippen molar-refractivity contribution in [2.45, 2.75) is 64.7 Å². The minimum Gasteiger partial charge on any atom is -0.444 e. The summed E-state index contributed by atoms with van der Waals surface area (Å²) in [6.07, 6.45) is 2.94. The summed E-state index contributed by atoms with van der Waals surface area (Å²) in [7, 11) is 0. The number of hydrogen-bond acceptors (Lipinski definition) is 4. The molecule has 1 aromatic rings. The van der Waals surface area contributed by atoms with Gasteiger partial charge in [0.15, 0.2) is 0 Å². The van der Waals surface area contributed by atoms with Gasteiger partial charge in [-0.25, -0.2) is 4.79 Å². The highest BCUT2D eigenvalue weighted by atomic mass is 16.6. The molecule has 2 saturated carbocycles. The van der Waals surface area contributed by atoms with E-state index in [0.29, 0.717) is 37.3 Å². The summed E-state index contributed by atoms with van der Waals surface area (Å²) in [4.78, 5) is 24.5. The summed E-state index contributed by atoms with van der Waals surface area (Å²) in [5.41, 5.74) is 0.635. The predicted octanol–water partition coefficient (Wildman–Crippen LogP) is 4.10. The summed E-state index contributed by atoms with van der Waals surface area (Å²) >= 11 is 0. The van der Waals surface area contributed by atoms with Gasteiger partial charge >= 0.3 is 6.09 Å². The van der Waals surface area contributed by atoms with Crippen molar-refractivity contribution in [3.05, 3.63) is 35.9 Å². The lowest BCUT2D eigenvalue weighted by Crippen LogP contribution is -2.43. The molecule has 0 radical (unpaired) electrons. The van der Waals surface area contributed by atoms with Gasteiger partial charge in [-0.2, -0.15) is 0 Å². The van der Waals surface area contributed by atoms with Crippen molar-refractivity contribution in [2.75, 3.05) is 6.61 Å². The predicted molar refractivity (Wildman–Crippen MR) is 103 cm³/mol. The van der Waals surface area contributed by atoms with E-state index < -0.39 is 5.60 Å². The van der Waals surface area contributed by atoms with E-state index in [1.807, 2.05) is 51.1 Å². The van der Waals surface area contributed by atoms with Crippen LogP contribution in [0.15, 0.2) is 30.3 Å². The number of fused-ring (bicyclic) bond motifs is 1. The molecule has 2 aliphatic carbocycles. The van der Waals surface area contributed by atoms with Crippen LogP contribution in [0.1, 0.15) is 52.0 Å². The molecule has 148 valence electrons. The number of benzene rings is 1. The van der Waals surface area contributed by atoms with Crippen LogP contribution < -0.4 is 5.32 Å². The van der Waals surface area contributed by atoms with Crippen LogP contribution in [0.2, 0.25) is 0 Å². The number of carbonyl (C=O) groups is 2. The summed E-state index contributed by atoms with van der Waals surface area (Å²) in [6.45, 7) is 6.63. The van der Waals surface area contributed by atoms with E-state index in [1.165, 1.54) is 0 Å². The van der Waals surface area contributed by atoms with Crippen LogP contribution in [0.5, 0.6) is 0 Å². The standard InChI is InChI=1S/C22H31NO4/c1-22(2,3)27-21(25)23-17-9-10-18-16(11-17)12-20(24)19(18)14-26-13-15-7-5-4-6-8-15/h4-8,16-19H,9-14H2,1-3H3,(H,23,25)/t16-,17?,18+,19-/m0/s1. The molecule has 5 nitrogen and oxygen atoms in total. The monoisotopic (exact) mass is 373 g/mol. The van der Waals surface area contributed by atoms with Gasteiger partial charge in [0.05, 0.1) is 13.2 Å². The number of ether oxygens (including phenoxy) is 2. The fourth-order valence-corrected chi connectivity index (χ4v) is 4.40. The molecule has 5 heteroatoms. The maximum Gasteiger partial charge on any atom is 0.407 e. The maximum atomic E-state index is 12.5. The van der Waals surface area contributed by atoms with Gasteiger partial charge in [-0.15, -0.1) is 0 Å². The molecule has 1 amide bonds. The maximum absolute atomic E-state index is 12.5. The Hall–Kier alpha value is -1.88. The number of rotatable bonds is 5. The van der Waals surface area contributed by atoms with Crippen molar-refractivity contribution in [2.24, 2.45) is 17.8 Å². The van der Waals surface area contributed by atoms with Crippen LogP contribution >= 0.6 is 0 Å². The molecule has 2 fully saturated rings. The summed E-state index contributed by atoms with van der Waals surface area (Å²) in [5, 5.41) is 2.98. The van der Waals surface area contributed by atoms with Crippen LogP contribution in [0.4, 0.5) is 4.79 Å². The number of Topliss-reactive ketones (excluding diaryl/α,β-unsaturated/α-hetero) is 1. The molecule has 2 aliphatic rings. The third-order valence-corrected chi connectivity index (χ3v) is 5.56. The number of nitrogens with one attached hydrogen (secondary N) is 1. The molecular formula is C22H31NO4. The summed E-state index contributed by atoms with van der Waals surface area (Å²) in [6, 6.07) is 10.1. The van der Waals surface area contributed by atoms with E-state index in [1.54, 1.807) is 0 Å². The molecule has 1 unspecified atom stereocenters. The highest BCUT2D eigenvalue weighted by molar-refractivity contribution is 5.84. The largest absolute Gasteiger partial charge is 0.444 e. The van der Waals surface area contributed by atoms with Crippen molar-refractivity contribution >= 4 is 11.9 Å². The molecule has 3 rings (SSSR count). The number of amides is 1. The van der Waals surface area contributed by atoms with Gasteiger partial charge in [0.25, 0.3) is 0 Å². The average molecular weight is 373 g/mol. The highest BCUT2D eigenvalue weighted by Crippen LogP contribution is 2.44. The Morgan fingerprint density at radius 2 is 1.93 bits per heavy atom. The van der Waals surface area contributed by atoms with Crippen LogP contribution in [-0.2, 0) is 20.9 Å². The second-order valence-electron chi connectivity index (χ2n) is 8.86. The number of hydrogen-bond donors (Lipinski definition) is 1. The molecule has 0 aliphatic heterocycles. The number of ketones is 1. The normalized spacial score (nSPS) is 27.9. The Bertz CT molecular complexity index is 652. The molecule has 1 N–H and O–H groups in total. The Kier molecular flexibility index (Phi) is 6.20. The molecule has 27 heavy (non-hydrogen) atoms. The lowest BCUT2D eigenvalue weighted by atomic mass is 9.76. The second-order valence-corrected chi connectivity index (χ2v) is 8.86. The fraction of sp³-hybridized carbons (Fsp3) is 0.636. The van der Waals surface area contributed by atoms with Gasteiger partial charge in [-0.1, -0.05) is 30.3 Å². The van der Waals surface area contributed by atoms with Crippen molar-refractivity contribution < 1.29 is 19.1 Å². The van der Waals surface area contributed by atoms with E-state index in [-0.39, 0.29) is 18.1 Å². The zero-order valence-corrected chi connectivity index (χ0v) is 16.6. The van der Waals surface area contributed by atoms with Crippen LogP contribution in [0, 0.1) is 17.8 Å². The first kappa shape index (κ1) is 19.9. The quantitative estimate of drug-likeness (QED) is 0.844. The van der Waals surface area contributed by atoms with Crippen LogP contribution in [-0.4, -0.2) is 30.1 Å². The van der Waals surface area contributed by atoms with E-state index in [0.717, 1.165) is 24.8 Å². The average Bonchev–Trinajstić information content (AvgIpc) is 2.89. The van der Waals surface area contributed by atoms with E-state index in [2.05, 4.69) is 5.32 Å². The van der Waals surface area contributed by atoms with Gasteiger partial charge in [0.2, 0.25) is 0 Å². The van der Waals surface area contributed by atoms with Crippen molar-refractivity contribution in [1.29, 1.82) is 0 Å². The second kappa shape index (κ2) is 8.42. The smallest absolute Gasteiger partial charge is 0.407 e. The van der Waals surface area contributed by atoms with E-state index in [9.17, 15) is 9.59 Å². The van der Waals surface area contributed by atoms with Gasteiger partial charge in [-0.05, 0) is 57.4 Å². The Morgan fingerprint density at radius 3 is 2.63 bits per heavy atom. The third kappa shape index (κ3) is 5.55. The minimum absolute atomic E-state index is 0.00110. The molecule has 0 saturated heterocycles. The molecule has 0 bridgehead atoms. The van der Waals surface area contributed by atoms with Crippen molar-refractivity contribution in [3.8, 4) is 0 Å². The Balaban J connectivity index is 1.47. The minimum atomic E-state index is -0.494. The first-order valence-corrected chi connectivity index (χ1v) is 9.96. The van der Waals surface area contributed by atoms with Gasteiger partial charge in [0, 0.05) is 18.4 Å². The van der Waals surface area contributed by atoms with Crippen molar-refractivity contribution in [3.63, 3.8) is 0 Å². The summed E-state index contributed by atoms with van der Waals surface area (Å²) < 4.78 is 11.2. The van der Waals surface area contributed by atoms with Crippen LogP contribution in [0.25, 0.3) is 0 Å². The lowest BCUT2D eigenvalue weighted by molar-refractivity contribution is -0.123. The van der Waals surface area contributed by atoms with Gasteiger partial charge in [-0.3, -0.25) is 4.79 Å². The summed E-state index contributed by atoms with van der Waals surface area (Å²) in [5.74, 6) is 1.04. The molecule has 0 heterocycles. The Morgan fingerprint density at radius 1 is 1.19 bits per heavy atom. The van der Waals surface area contributed by atoms with Gasteiger partial charge in [0.1, 0.15) is 11.4 Å². The molecular weight excluding hydrogens is 342 g/mol. The lowest BCUT2D eigenvalue weighted by Gasteiger charge is -2.34. The van der Waals surface area contributed by atoms with E-state index in [4.69, 9.17) is 9.47 Å². The third-order valence-electron chi connectivity index (χ3n) is 5.56. The number of alkyl carbamates (subject to hydrolysis) is 1. The first-order valence-electron chi connectivity index (χ1n) is 9.96. The topological polar surface area (TPSA) is 64.6 Å². The van der Waals surface area contributed by atoms with Crippen molar-refractivity contribution in [1.82, 2.24) is 5.32 Å². The zero-order chi connectivity index (χ0) is 19.4. The SMILES string of the molecule is CC(C)(C)OC(=O)NC1CC[C@@H]2[C@H](CC(=O)[C@H]2COCc2ccccc2)C1. The van der Waals surface area contributed by atoms with Gasteiger partial charge < -0.3 is 14.8 Å². The molecule has 4 atom stereocenters. The molecule has 0 spiro atoms. The zero-order valence-electron chi connectivity index (χ0n) is 16.6.